The van der Waals surface area contributed by atoms with Gasteiger partial charge in [0, 0.05) is 36.1 Å². The lowest BCUT2D eigenvalue weighted by Gasteiger charge is -2.13. The summed E-state index contributed by atoms with van der Waals surface area (Å²) in [5, 5.41) is 6.70. The highest BCUT2D eigenvalue weighted by atomic mass is 35.5. The van der Waals surface area contributed by atoms with Gasteiger partial charge in [0.25, 0.3) is 0 Å². The van der Waals surface area contributed by atoms with E-state index in [0.29, 0.717) is 39.3 Å². The van der Waals surface area contributed by atoms with Gasteiger partial charge < -0.3 is 15.4 Å². The fraction of sp³-hybridized carbons (Fsp3) is 0.308. The lowest BCUT2D eigenvalue weighted by molar-refractivity contribution is -0.521. The Hall–Kier alpha value is -3.52. The van der Waals surface area contributed by atoms with Gasteiger partial charge in [0.1, 0.15) is 30.3 Å². The molecule has 2 aliphatic rings. The van der Waals surface area contributed by atoms with Crippen LogP contribution >= 0.6 is 11.6 Å². The van der Waals surface area contributed by atoms with Crippen molar-refractivity contribution in [2.45, 2.75) is 26.2 Å². The number of rotatable bonds is 7. The molecule has 0 saturated heterocycles. The molecule has 1 atom stereocenters. The number of ether oxygens (including phenoxy) is 1. The van der Waals surface area contributed by atoms with Crippen molar-refractivity contribution in [3.63, 3.8) is 0 Å². The lowest BCUT2D eigenvalue weighted by Crippen LogP contribution is -2.23. The van der Waals surface area contributed by atoms with Gasteiger partial charge >= 0.3 is 0 Å². The number of fused-ring (bicyclic) bond motifs is 2. The minimum atomic E-state index is -0.502. The molecule has 7 nitrogen and oxygen atoms in total. The molecular weight excluding hydrogens is 469 g/mol. The Balaban J connectivity index is 1.36. The van der Waals surface area contributed by atoms with Crippen LogP contribution in [0, 0.1) is 11.2 Å². The number of halogens is 2. The number of anilines is 3. The molecule has 0 radical (unpaired) electrons. The van der Waals surface area contributed by atoms with Gasteiger partial charge in [-0.15, -0.1) is 0 Å². The van der Waals surface area contributed by atoms with Gasteiger partial charge in [-0.3, -0.25) is 4.79 Å². The largest absolute Gasteiger partial charge is 0.494 e. The predicted octanol–water partition coefficient (Wildman–Crippen LogP) is 5.33. The van der Waals surface area contributed by atoms with Crippen LogP contribution in [0.15, 0.2) is 48.8 Å². The van der Waals surface area contributed by atoms with Gasteiger partial charge in [-0.2, -0.15) is 0 Å². The van der Waals surface area contributed by atoms with Crippen molar-refractivity contribution in [1.29, 1.82) is 0 Å². The number of nitrogens with zero attached hydrogens (tertiary/aromatic N) is 3. The summed E-state index contributed by atoms with van der Waals surface area (Å²) in [6.07, 6.45) is 8.49. The first kappa shape index (κ1) is 23.2. The van der Waals surface area contributed by atoms with Crippen molar-refractivity contribution in [3.05, 3.63) is 59.7 Å². The number of carbonyl (C=O) groups excluding carboxylic acids is 1. The van der Waals surface area contributed by atoms with Crippen LogP contribution in [0.3, 0.4) is 0 Å². The van der Waals surface area contributed by atoms with Gasteiger partial charge in [0.05, 0.1) is 28.8 Å². The molecule has 1 amide bonds. The third-order valence-corrected chi connectivity index (χ3v) is 6.95. The predicted molar refractivity (Wildman–Crippen MR) is 136 cm³/mol. The van der Waals surface area contributed by atoms with E-state index in [4.69, 9.17) is 16.3 Å². The number of aromatic nitrogens is 2. The zero-order chi connectivity index (χ0) is 24.6. The molecule has 0 bridgehead atoms. The van der Waals surface area contributed by atoms with E-state index in [1.165, 1.54) is 50.5 Å². The summed E-state index contributed by atoms with van der Waals surface area (Å²) in [5.74, 6) is 0.215. The maximum absolute atomic E-state index is 13.5. The monoisotopic (exact) mass is 494 g/mol. The van der Waals surface area contributed by atoms with E-state index in [-0.39, 0.29) is 10.9 Å². The number of nitrogens with one attached hydrogen (secondary N) is 2. The van der Waals surface area contributed by atoms with Crippen molar-refractivity contribution < 1.29 is 18.5 Å². The first-order chi connectivity index (χ1) is 16.9. The summed E-state index contributed by atoms with van der Waals surface area (Å²) in [6, 6.07) is 7.81. The zero-order valence-electron chi connectivity index (χ0n) is 19.6. The standard InChI is InChI=1S/C26H25ClFN5O2/c1-26-8-4-10-33(23(26)14-26)9-3-5-24(34)32-21-12-17-20(13-22(21)35-2)29-15-30-25(17)31-16-6-7-19(28)18(27)11-16/h3,5-7,11-13,15H,4,8-10,14H2,1-2H3,(H-,29,30,31,32,34)/p+1. The maximum Gasteiger partial charge on any atom is 0.248 e. The average Bonchev–Trinajstić information content (AvgIpc) is 3.54. The third kappa shape index (κ3) is 4.84. The molecule has 180 valence electrons. The molecule has 0 spiro atoms. The Morgan fingerprint density at radius 2 is 2.17 bits per heavy atom. The van der Waals surface area contributed by atoms with Crippen LogP contribution in [-0.2, 0) is 4.79 Å². The lowest BCUT2D eigenvalue weighted by atomic mass is 10.0. The summed E-state index contributed by atoms with van der Waals surface area (Å²) in [6.45, 7) is 4.09. The molecule has 1 unspecified atom stereocenters. The second-order valence-electron chi connectivity index (χ2n) is 9.17. The normalized spacial score (nSPS) is 19.1. The molecule has 5 rings (SSSR count). The minimum absolute atomic E-state index is 0.00374. The Bertz CT molecular complexity index is 1390. The van der Waals surface area contributed by atoms with Crippen molar-refractivity contribution in [3.8, 4) is 5.75 Å². The van der Waals surface area contributed by atoms with Crippen LogP contribution in [0.5, 0.6) is 5.75 Å². The Kier molecular flexibility index (Phi) is 6.15. The third-order valence-electron chi connectivity index (χ3n) is 6.66. The van der Waals surface area contributed by atoms with Crippen molar-refractivity contribution in [2.24, 2.45) is 5.41 Å². The molecule has 3 aromatic rings. The fourth-order valence-electron chi connectivity index (χ4n) is 4.67. The molecule has 9 heteroatoms. The molecule has 1 saturated carbocycles. The van der Waals surface area contributed by atoms with E-state index in [1.54, 1.807) is 24.3 Å². The van der Waals surface area contributed by atoms with Gasteiger partial charge in [0.15, 0.2) is 12.3 Å². The SMILES string of the molecule is COc1cc2ncnc(Nc3ccc(F)c(Cl)c3)c2cc1NC(=O)C=CC[N+]1=C2CC2(C)CCC1. The molecule has 1 aliphatic heterocycles. The van der Waals surface area contributed by atoms with Crippen molar-refractivity contribution >= 4 is 51.3 Å². The summed E-state index contributed by atoms with van der Waals surface area (Å²) < 4.78 is 21.4. The summed E-state index contributed by atoms with van der Waals surface area (Å²) in [7, 11) is 1.54. The highest BCUT2D eigenvalue weighted by Gasteiger charge is 2.55. The highest BCUT2D eigenvalue weighted by Crippen LogP contribution is 2.47. The van der Waals surface area contributed by atoms with Gasteiger partial charge in [0.2, 0.25) is 5.91 Å². The first-order valence-electron chi connectivity index (χ1n) is 11.5. The molecule has 35 heavy (non-hydrogen) atoms. The van der Waals surface area contributed by atoms with Crippen LogP contribution in [0.4, 0.5) is 21.6 Å². The first-order valence-corrected chi connectivity index (χ1v) is 11.9. The molecular formula is C26H26ClFN5O2+. The quantitative estimate of drug-likeness (QED) is 0.343. The fourth-order valence-corrected chi connectivity index (χ4v) is 4.85. The smallest absolute Gasteiger partial charge is 0.248 e. The number of methoxy groups -OCH3 is 1. The van der Waals surface area contributed by atoms with Crippen molar-refractivity contribution in [1.82, 2.24) is 9.97 Å². The van der Waals surface area contributed by atoms with Crippen LogP contribution in [-0.4, -0.2) is 46.4 Å². The van der Waals surface area contributed by atoms with Gasteiger partial charge in [-0.1, -0.05) is 11.6 Å². The van der Waals surface area contributed by atoms with Crippen LogP contribution in [0.1, 0.15) is 26.2 Å². The summed E-state index contributed by atoms with van der Waals surface area (Å²) in [4.78, 5) is 21.3. The number of hydrogen-bond acceptors (Lipinski definition) is 5. The molecule has 2 aromatic carbocycles. The van der Waals surface area contributed by atoms with E-state index in [1.807, 2.05) is 6.08 Å². The van der Waals surface area contributed by atoms with Crippen molar-refractivity contribution in [2.75, 3.05) is 30.8 Å². The Labute approximate surface area is 207 Å². The molecule has 1 aliphatic carbocycles. The van der Waals surface area contributed by atoms with E-state index < -0.39 is 5.82 Å². The number of carbonyl (C=O) groups is 1. The van der Waals surface area contributed by atoms with E-state index in [9.17, 15) is 9.18 Å². The summed E-state index contributed by atoms with van der Waals surface area (Å²) in [5.41, 5.74) is 3.58. The number of hydrogen-bond donors (Lipinski definition) is 2. The minimum Gasteiger partial charge on any atom is -0.494 e. The molecule has 1 fully saturated rings. The summed E-state index contributed by atoms with van der Waals surface area (Å²) >= 11 is 5.91. The second kappa shape index (κ2) is 9.26. The van der Waals surface area contributed by atoms with Crippen LogP contribution < -0.4 is 15.4 Å². The van der Waals surface area contributed by atoms with Crippen LogP contribution in [0.25, 0.3) is 10.9 Å². The van der Waals surface area contributed by atoms with E-state index >= 15 is 0 Å². The molecule has 2 N–H and O–H groups in total. The van der Waals surface area contributed by atoms with E-state index in [0.717, 1.165) is 13.1 Å². The number of benzene rings is 2. The van der Waals surface area contributed by atoms with E-state index in [2.05, 4.69) is 32.1 Å². The van der Waals surface area contributed by atoms with Crippen LogP contribution in [0.2, 0.25) is 5.02 Å². The number of amides is 1. The topological polar surface area (TPSA) is 79.2 Å². The molecule has 2 heterocycles. The Morgan fingerprint density at radius 3 is 2.97 bits per heavy atom. The molecule has 1 aromatic heterocycles. The van der Waals surface area contributed by atoms with Gasteiger partial charge in [-0.05, 0) is 43.7 Å². The maximum atomic E-state index is 13.5. The highest BCUT2D eigenvalue weighted by molar-refractivity contribution is 6.31. The van der Waals surface area contributed by atoms with Gasteiger partial charge in [-0.25, -0.2) is 18.9 Å². The Morgan fingerprint density at radius 1 is 1.31 bits per heavy atom. The second-order valence-corrected chi connectivity index (χ2v) is 9.58. The average molecular weight is 495 g/mol. The zero-order valence-corrected chi connectivity index (χ0v) is 20.3.